The van der Waals surface area contributed by atoms with E-state index in [1.807, 2.05) is 0 Å². The highest BCUT2D eigenvalue weighted by Gasteiger charge is 2.20. The fourth-order valence-electron chi connectivity index (χ4n) is 3.11. The first-order valence-corrected chi connectivity index (χ1v) is 11.2. The molecule has 29 heavy (non-hydrogen) atoms. The Bertz CT molecular complexity index is 866. The van der Waals surface area contributed by atoms with Crippen molar-refractivity contribution in [3.8, 4) is 5.75 Å². The summed E-state index contributed by atoms with van der Waals surface area (Å²) in [6, 6.07) is 4.92. The minimum atomic E-state index is -3.66. The van der Waals surface area contributed by atoms with E-state index in [-0.39, 0.29) is 22.6 Å². The number of ether oxygens (including phenoxy) is 1. The number of piperidine rings is 1. The first-order valence-electron chi connectivity index (χ1n) is 9.71. The maximum absolute atomic E-state index is 12.3. The van der Waals surface area contributed by atoms with Gasteiger partial charge in [-0.1, -0.05) is 17.7 Å². The topological polar surface area (TPSA) is 87.7 Å². The molecule has 1 saturated heterocycles. The Morgan fingerprint density at radius 3 is 2.55 bits per heavy atom. The summed E-state index contributed by atoms with van der Waals surface area (Å²) in [5.41, 5.74) is 1.92. The van der Waals surface area contributed by atoms with Gasteiger partial charge in [0.15, 0.2) is 0 Å². The number of nitrogens with zero attached hydrogens (tertiary/aromatic N) is 1. The predicted octanol–water partition coefficient (Wildman–Crippen LogP) is 2.16. The Morgan fingerprint density at radius 2 is 1.97 bits per heavy atom. The zero-order chi connectivity index (χ0) is 21.4. The maximum atomic E-state index is 12.3. The van der Waals surface area contributed by atoms with E-state index in [0.29, 0.717) is 5.56 Å². The molecule has 1 aliphatic rings. The van der Waals surface area contributed by atoms with Crippen LogP contribution in [0.4, 0.5) is 0 Å². The van der Waals surface area contributed by atoms with Gasteiger partial charge in [0.25, 0.3) is 0 Å². The first-order chi connectivity index (χ1) is 13.7. The van der Waals surface area contributed by atoms with Crippen LogP contribution in [-0.4, -0.2) is 59.1 Å². The Hall–Kier alpha value is -2.16. The average molecular weight is 422 g/mol. The van der Waals surface area contributed by atoms with Crippen LogP contribution < -0.4 is 14.8 Å². The van der Waals surface area contributed by atoms with Crippen molar-refractivity contribution in [2.75, 3.05) is 33.8 Å². The summed E-state index contributed by atoms with van der Waals surface area (Å²) >= 11 is 0. The van der Waals surface area contributed by atoms with Crippen LogP contribution >= 0.6 is 0 Å². The van der Waals surface area contributed by atoms with Crippen LogP contribution in [-0.2, 0) is 14.8 Å². The normalized spacial score (nSPS) is 16.0. The molecule has 8 heteroatoms. The highest BCUT2D eigenvalue weighted by atomic mass is 32.2. The van der Waals surface area contributed by atoms with Gasteiger partial charge in [-0.3, -0.25) is 9.69 Å². The number of benzene rings is 1. The van der Waals surface area contributed by atoms with Gasteiger partial charge in [-0.15, -0.1) is 0 Å². The van der Waals surface area contributed by atoms with Gasteiger partial charge in [0.2, 0.25) is 15.9 Å². The molecule has 2 N–H and O–H groups in total. The molecule has 7 nitrogen and oxygen atoms in total. The van der Waals surface area contributed by atoms with Crippen LogP contribution in [0.5, 0.6) is 5.75 Å². The molecule has 1 aromatic rings. The second-order valence-corrected chi connectivity index (χ2v) is 9.17. The first kappa shape index (κ1) is 23.1. The van der Waals surface area contributed by atoms with Crippen LogP contribution in [0.15, 0.2) is 40.8 Å². The van der Waals surface area contributed by atoms with E-state index in [1.165, 1.54) is 31.9 Å². The summed E-state index contributed by atoms with van der Waals surface area (Å²) in [6.07, 6.45) is 7.10. The van der Waals surface area contributed by atoms with Crippen LogP contribution in [0.2, 0.25) is 0 Å². The fourth-order valence-corrected chi connectivity index (χ4v) is 4.04. The van der Waals surface area contributed by atoms with E-state index < -0.39 is 10.0 Å². The molecular weight excluding hydrogens is 390 g/mol. The number of allylic oxidation sites excluding steroid dienone is 1. The number of amides is 1. The molecule has 0 bridgehead atoms. The monoisotopic (exact) mass is 421 g/mol. The van der Waals surface area contributed by atoms with Gasteiger partial charge in [0.1, 0.15) is 10.6 Å². The molecule has 1 aliphatic heterocycles. The largest absolute Gasteiger partial charge is 0.495 e. The summed E-state index contributed by atoms with van der Waals surface area (Å²) in [7, 11) is -0.901. The third kappa shape index (κ3) is 6.99. The molecule has 1 aromatic carbocycles. The van der Waals surface area contributed by atoms with Gasteiger partial charge in [0, 0.05) is 31.8 Å². The number of carbonyl (C=O) groups excluding carboxylic acids is 1. The molecule has 2 rings (SSSR count). The van der Waals surface area contributed by atoms with Crippen molar-refractivity contribution in [2.24, 2.45) is 0 Å². The lowest BCUT2D eigenvalue weighted by atomic mass is 10.0. The molecule has 0 radical (unpaired) electrons. The van der Waals surface area contributed by atoms with Crippen molar-refractivity contribution < 1.29 is 17.9 Å². The molecule has 1 fully saturated rings. The Morgan fingerprint density at radius 1 is 1.28 bits per heavy atom. The molecule has 0 atom stereocenters. The Kier molecular flexibility index (Phi) is 8.43. The van der Waals surface area contributed by atoms with Gasteiger partial charge in [-0.25, -0.2) is 13.1 Å². The van der Waals surface area contributed by atoms with Gasteiger partial charge < -0.3 is 10.1 Å². The molecule has 160 valence electrons. The summed E-state index contributed by atoms with van der Waals surface area (Å²) in [4.78, 5) is 14.7. The third-order valence-corrected chi connectivity index (χ3v) is 6.30. The lowest BCUT2D eigenvalue weighted by molar-refractivity contribution is -0.117. The maximum Gasteiger partial charge on any atom is 0.244 e. The van der Waals surface area contributed by atoms with Crippen molar-refractivity contribution in [2.45, 2.75) is 37.6 Å². The van der Waals surface area contributed by atoms with Gasteiger partial charge in [-0.2, -0.15) is 0 Å². The van der Waals surface area contributed by atoms with E-state index in [9.17, 15) is 13.2 Å². The number of hydrogen-bond acceptors (Lipinski definition) is 5. The van der Waals surface area contributed by atoms with Crippen molar-refractivity contribution >= 4 is 22.0 Å². The molecular formula is C21H31N3O4S. The minimum absolute atomic E-state index is 0.0359. The van der Waals surface area contributed by atoms with Crippen molar-refractivity contribution in [1.29, 1.82) is 0 Å². The Labute approximate surface area is 173 Å². The second kappa shape index (κ2) is 10.6. The summed E-state index contributed by atoms with van der Waals surface area (Å²) in [6.45, 7) is 7.07. The highest BCUT2D eigenvalue weighted by molar-refractivity contribution is 7.89. The van der Waals surface area contributed by atoms with Crippen LogP contribution in [0, 0.1) is 0 Å². The van der Waals surface area contributed by atoms with Crippen molar-refractivity contribution in [3.05, 3.63) is 41.5 Å². The standard InChI is InChI=1S/C21H31N3O4S/c1-16(2)9-12-24-13-10-18(11-14-24)23-21(25)8-6-17-5-7-19(28-4)20(15-17)29(26,27)22-3/h5-9,15,18,22H,10-14H2,1-4H3,(H,23,25)/b8-6+. The van der Waals surface area contributed by atoms with Gasteiger partial charge in [0.05, 0.1) is 7.11 Å². The zero-order valence-corrected chi connectivity index (χ0v) is 18.4. The third-order valence-electron chi connectivity index (χ3n) is 4.86. The highest BCUT2D eigenvalue weighted by Crippen LogP contribution is 2.25. The van der Waals surface area contributed by atoms with E-state index in [1.54, 1.807) is 18.2 Å². The van der Waals surface area contributed by atoms with Crippen LogP contribution in [0.1, 0.15) is 32.3 Å². The number of sulfonamides is 1. The lowest BCUT2D eigenvalue weighted by Crippen LogP contribution is -2.44. The van der Waals surface area contributed by atoms with Crippen molar-refractivity contribution in [3.63, 3.8) is 0 Å². The van der Waals surface area contributed by atoms with E-state index in [0.717, 1.165) is 32.5 Å². The molecule has 0 aliphatic carbocycles. The minimum Gasteiger partial charge on any atom is -0.495 e. The number of hydrogen-bond donors (Lipinski definition) is 2. The average Bonchev–Trinajstić information content (AvgIpc) is 2.71. The summed E-state index contributed by atoms with van der Waals surface area (Å²) < 4.78 is 31.7. The zero-order valence-electron chi connectivity index (χ0n) is 17.6. The van der Waals surface area contributed by atoms with E-state index in [2.05, 4.69) is 34.9 Å². The van der Waals surface area contributed by atoms with Gasteiger partial charge >= 0.3 is 0 Å². The predicted molar refractivity (Wildman–Crippen MR) is 115 cm³/mol. The number of likely N-dealkylation sites (tertiary alicyclic amines) is 1. The molecule has 1 heterocycles. The summed E-state index contributed by atoms with van der Waals surface area (Å²) in [5, 5.41) is 3.03. The number of rotatable bonds is 8. The van der Waals surface area contributed by atoms with Gasteiger partial charge in [-0.05, 0) is 57.5 Å². The number of carbonyl (C=O) groups is 1. The molecule has 0 saturated carbocycles. The van der Waals surface area contributed by atoms with E-state index in [4.69, 9.17) is 4.74 Å². The molecule has 1 amide bonds. The second-order valence-electron chi connectivity index (χ2n) is 7.32. The smallest absolute Gasteiger partial charge is 0.244 e. The SMILES string of the molecule is CNS(=O)(=O)c1cc(/C=C/C(=O)NC2CCN(CC=C(C)C)CC2)ccc1OC. The number of nitrogens with one attached hydrogen (secondary N) is 2. The fraction of sp³-hybridized carbons (Fsp3) is 0.476. The Balaban J connectivity index is 1.94. The summed E-state index contributed by atoms with van der Waals surface area (Å²) in [5.74, 6) is 0.0717. The van der Waals surface area contributed by atoms with Crippen LogP contribution in [0.3, 0.4) is 0 Å². The van der Waals surface area contributed by atoms with E-state index >= 15 is 0 Å². The quantitative estimate of drug-likeness (QED) is 0.496. The molecule has 0 aromatic heterocycles. The molecule has 0 unspecified atom stereocenters. The number of methoxy groups -OCH3 is 1. The molecule has 0 spiro atoms. The van der Waals surface area contributed by atoms with Crippen LogP contribution in [0.25, 0.3) is 6.08 Å². The van der Waals surface area contributed by atoms with Crippen molar-refractivity contribution in [1.82, 2.24) is 14.9 Å². The lowest BCUT2D eigenvalue weighted by Gasteiger charge is -2.31.